The van der Waals surface area contributed by atoms with Crippen molar-refractivity contribution in [1.82, 2.24) is 4.90 Å². The number of amides is 1. The van der Waals surface area contributed by atoms with Gasteiger partial charge in [-0.3, -0.25) is 4.79 Å². The van der Waals surface area contributed by atoms with E-state index in [0.29, 0.717) is 5.92 Å². The van der Waals surface area contributed by atoms with Crippen LogP contribution < -0.4 is 0 Å². The van der Waals surface area contributed by atoms with E-state index in [4.69, 9.17) is 0 Å². The van der Waals surface area contributed by atoms with Crippen LogP contribution in [0.1, 0.15) is 32.4 Å². The van der Waals surface area contributed by atoms with Gasteiger partial charge in [-0.2, -0.15) is 0 Å². The maximum Gasteiger partial charge on any atom is 0.281 e. The van der Waals surface area contributed by atoms with Crippen molar-refractivity contribution in [3.63, 3.8) is 0 Å². The number of rotatable bonds is 4. The van der Waals surface area contributed by atoms with E-state index < -0.39 is 0 Å². The van der Waals surface area contributed by atoms with Gasteiger partial charge in [0.25, 0.3) is 5.24 Å². The zero-order chi connectivity index (χ0) is 12.8. The first-order valence-electron chi connectivity index (χ1n) is 6.02. The summed E-state index contributed by atoms with van der Waals surface area (Å²) in [6, 6.07) is 10.4. The molecule has 1 atom stereocenters. The zero-order valence-electron chi connectivity index (χ0n) is 11.0. The summed E-state index contributed by atoms with van der Waals surface area (Å²) in [6.45, 7) is 6.30. The van der Waals surface area contributed by atoms with Gasteiger partial charge >= 0.3 is 0 Å². The maximum absolute atomic E-state index is 12.0. The predicted molar refractivity (Wildman–Crippen MR) is 75.3 cm³/mol. The van der Waals surface area contributed by atoms with Crippen molar-refractivity contribution in [3.05, 3.63) is 35.9 Å². The number of carbonyl (C=O) groups is 1. The minimum Gasteiger partial charge on any atom is -0.329 e. The van der Waals surface area contributed by atoms with Crippen LogP contribution >= 0.6 is 11.8 Å². The summed E-state index contributed by atoms with van der Waals surface area (Å²) in [5.41, 5.74) is 1.20. The molecule has 0 fully saturated rings. The highest BCUT2D eigenvalue weighted by molar-refractivity contribution is 8.13. The van der Waals surface area contributed by atoms with Gasteiger partial charge < -0.3 is 4.90 Å². The minimum atomic E-state index is 0.148. The second kappa shape index (κ2) is 6.70. The van der Waals surface area contributed by atoms with Crippen LogP contribution in [0.2, 0.25) is 0 Å². The SMILES string of the molecule is CCSC(=O)N(C)C(c1ccccc1)C(C)C. The summed E-state index contributed by atoms with van der Waals surface area (Å²) in [4.78, 5) is 13.8. The van der Waals surface area contributed by atoms with Gasteiger partial charge in [-0.25, -0.2) is 0 Å². The fourth-order valence-corrected chi connectivity index (χ4v) is 2.61. The third-order valence-electron chi connectivity index (χ3n) is 2.75. The quantitative estimate of drug-likeness (QED) is 0.799. The molecule has 0 aliphatic heterocycles. The Morgan fingerprint density at radius 3 is 2.35 bits per heavy atom. The molecule has 0 aliphatic carbocycles. The van der Waals surface area contributed by atoms with Crippen LogP contribution in [0.15, 0.2) is 30.3 Å². The lowest BCUT2D eigenvalue weighted by molar-refractivity contribution is 0.197. The molecule has 0 aliphatic rings. The van der Waals surface area contributed by atoms with Crippen LogP contribution in [-0.4, -0.2) is 22.9 Å². The monoisotopic (exact) mass is 251 g/mol. The Balaban J connectivity index is 2.90. The highest BCUT2D eigenvalue weighted by Crippen LogP contribution is 2.29. The smallest absolute Gasteiger partial charge is 0.281 e. The van der Waals surface area contributed by atoms with E-state index in [1.165, 1.54) is 17.3 Å². The number of hydrogen-bond acceptors (Lipinski definition) is 2. The number of hydrogen-bond donors (Lipinski definition) is 0. The first-order chi connectivity index (χ1) is 8.07. The molecule has 17 heavy (non-hydrogen) atoms. The molecule has 94 valence electrons. The van der Waals surface area contributed by atoms with Gasteiger partial charge in [0.15, 0.2) is 0 Å². The van der Waals surface area contributed by atoms with Gasteiger partial charge in [-0.1, -0.05) is 62.9 Å². The minimum absolute atomic E-state index is 0.148. The molecule has 2 nitrogen and oxygen atoms in total. The summed E-state index contributed by atoms with van der Waals surface area (Å²) < 4.78 is 0. The Labute approximate surface area is 108 Å². The molecule has 1 aromatic rings. The molecule has 0 aromatic heterocycles. The van der Waals surface area contributed by atoms with Crippen molar-refractivity contribution in [2.75, 3.05) is 12.8 Å². The van der Waals surface area contributed by atoms with Crippen LogP contribution in [0.5, 0.6) is 0 Å². The maximum atomic E-state index is 12.0. The molecule has 0 bridgehead atoms. The molecule has 1 aromatic carbocycles. The van der Waals surface area contributed by atoms with Crippen molar-refractivity contribution in [2.45, 2.75) is 26.8 Å². The first kappa shape index (κ1) is 14.1. The Hall–Kier alpha value is -0.960. The molecule has 1 amide bonds. The predicted octanol–water partition coefficient (Wildman–Crippen LogP) is 4.19. The van der Waals surface area contributed by atoms with Crippen molar-refractivity contribution < 1.29 is 4.79 Å². The Morgan fingerprint density at radius 2 is 1.88 bits per heavy atom. The zero-order valence-corrected chi connectivity index (χ0v) is 11.8. The molecule has 1 rings (SSSR count). The molecule has 0 radical (unpaired) electrons. The number of thioether (sulfide) groups is 1. The number of benzene rings is 1. The second-order valence-corrected chi connectivity index (χ2v) is 5.62. The summed E-state index contributed by atoms with van der Waals surface area (Å²) in [6.07, 6.45) is 0. The highest BCUT2D eigenvalue weighted by atomic mass is 32.2. The average Bonchev–Trinajstić information content (AvgIpc) is 2.30. The molecule has 1 unspecified atom stereocenters. The van der Waals surface area contributed by atoms with Gasteiger partial charge in [0, 0.05) is 7.05 Å². The van der Waals surface area contributed by atoms with E-state index in [1.807, 2.05) is 37.1 Å². The molecule has 0 saturated heterocycles. The van der Waals surface area contributed by atoms with Crippen molar-refractivity contribution in [2.24, 2.45) is 5.92 Å². The van der Waals surface area contributed by atoms with Crippen molar-refractivity contribution >= 4 is 17.0 Å². The van der Waals surface area contributed by atoms with E-state index in [1.54, 1.807) is 0 Å². The summed E-state index contributed by atoms with van der Waals surface area (Å²) in [5.74, 6) is 1.23. The molecule has 0 spiro atoms. The lowest BCUT2D eigenvalue weighted by Gasteiger charge is -2.31. The van der Waals surface area contributed by atoms with Crippen LogP contribution in [-0.2, 0) is 0 Å². The lowest BCUT2D eigenvalue weighted by Crippen LogP contribution is -2.31. The highest BCUT2D eigenvalue weighted by Gasteiger charge is 2.24. The second-order valence-electron chi connectivity index (χ2n) is 4.41. The van der Waals surface area contributed by atoms with E-state index in [0.717, 1.165) is 5.75 Å². The van der Waals surface area contributed by atoms with Crippen LogP contribution in [0.4, 0.5) is 4.79 Å². The lowest BCUT2D eigenvalue weighted by atomic mass is 9.95. The molecular formula is C14H21NOS. The van der Waals surface area contributed by atoms with Gasteiger partial charge in [-0.15, -0.1) is 0 Å². The van der Waals surface area contributed by atoms with E-state index in [-0.39, 0.29) is 11.3 Å². The standard InChI is InChI=1S/C14H21NOS/c1-5-17-14(16)15(4)13(11(2)3)12-9-7-6-8-10-12/h6-11,13H,5H2,1-4H3. The Morgan fingerprint density at radius 1 is 1.29 bits per heavy atom. The van der Waals surface area contributed by atoms with E-state index in [9.17, 15) is 4.79 Å². The van der Waals surface area contributed by atoms with Gasteiger partial charge in [-0.05, 0) is 17.2 Å². The summed E-state index contributed by atoms with van der Waals surface area (Å²) in [7, 11) is 1.89. The van der Waals surface area contributed by atoms with Gasteiger partial charge in [0.05, 0.1) is 6.04 Å². The van der Waals surface area contributed by atoms with Crippen LogP contribution in [0.3, 0.4) is 0 Å². The Kier molecular flexibility index (Phi) is 5.56. The summed E-state index contributed by atoms with van der Waals surface area (Å²) in [5, 5.41) is 0.148. The first-order valence-corrected chi connectivity index (χ1v) is 7.01. The van der Waals surface area contributed by atoms with Gasteiger partial charge in [0.2, 0.25) is 0 Å². The van der Waals surface area contributed by atoms with E-state index in [2.05, 4.69) is 26.0 Å². The summed E-state index contributed by atoms with van der Waals surface area (Å²) >= 11 is 1.37. The topological polar surface area (TPSA) is 20.3 Å². The third-order valence-corrected chi connectivity index (χ3v) is 3.57. The average molecular weight is 251 g/mol. The van der Waals surface area contributed by atoms with Crippen molar-refractivity contribution in [1.29, 1.82) is 0 Å². The molecule has 3 heteroatoms. The van der Waals surface area contributed by atoms with E-state index >= 15 is 0 Å². The molecule has 0 N–H and O–H groups in total. The van der Waals surface area contributed by atoms with Gasteiger partial charge in [0.1, 0.15) is 0 Å². The fourth-order valence-electron chi connectivity index (χ4n) is 2.04. The molecule has 0 heterocycles. The fraction of sp³-hybridized carbons (Fsp3) is 0.500. The third kappa shape index (κ3) is 3.77. The number of carbonyl (C=O) groups excluding carboxylic acids is 1. The van der Waals surface area contributed by atoms with Crippen molar-refractivity contribution in [3.8, 4) is 0 Å². The number of nitrogens with zero attached hydrogens (tertiary/aromatic N) is 1. The Bertz CT molecular complexity index is 350. The van der Waals surface area contributed by atoms with Crippen LogP contribution in [0, 0.1) is 5.92 Å². The molecular weight excluding hydrogens is 230 g/mol. The normalized spacial score (nSPS) is 12.5. The largest absolute Gasteiger partial charge is 0.329 e. The molecule has 0 saturated carbocycles. The van der Waals surface area contributed by atoms with Crippen LogP contribution in [0.25, 0.3) is 0 Å².